The number of nitrogens with zero attached hydrogens (tertiary/aromatic N) is 1. The summed E-state index contributed by atoms with van der Waals surface area (Å²) in [6.07, 6.45) is 1.71. The third kappa shape index (κ3) is 1.10. The van der Waals surface area contributed by atoms with E-state index in [1.54, 1.807) is 6.20 Å². The lowest BCUT2D eigenvalue weighted by Crippen LogP contribution is -2.38. The minimum atomic E-state index is 0.538. The van der Waals surface area contributed by atoms with Crippen molar-refractivity contribution >= 4 is 28.8 Å². The van der Waals surface area contributed by atoms with E-state index >= 15 is 0 Å². The van der Waals surface area contributed by atoms with E-state index in [2.05, 4.69) is 21.2 Å². The van der Waals surface area contributed by atoms with Crippen LogP contribution in [0.3, 0.4) is 0 Å². The Morgan fingerprint density at radius 3 is 3.18 bits per heavy atom. The molecule has 0 amide bonds. The summed E-state index contributed by atoms with van der Waals surface area (Å²) in [5.74, 6) is 0.760. The normalized spacial score (nSPS) is 14.0. The van der Waals surface area contributed by atoms with Crippen molar-refractivity contribution < 1.29 is 0 Å². The zero-order chi connectivity index (χ0) is 7.68. The molecule has 0 saturated carbocycles. The van der Waals surface area contributed by atoms with Gasteiger partial charge in [0, 0.05) is 6.20 Å². The van der Waals surface area contributed by atoms with Crippen LogP contribution in [0, 0.1) is 0 Å². The number of thiocarbonyl (C=S) groups is 1. The van der Waals surface area contributed by atoms with Crippen LogP contribution < -0.4 is 16.2 Å². The highest BCUT2D eigenvalue weighted by atomic mass is 32.1. The summed E-state index contributed by atoms with van der Waals surface area (Å²) < 4.78 is 0. The molecule has 3 N–H and O–H groups in total. The van der Waals surface area contributed by atoms with E-state index in [-0.39, 0.29) is 0 Å². The van der Waals surface area contributed by atoms with Crippen LogP contribution in [0.2, 0.25) is 0 Å². The highest BCUT2D eigenvalue weighted by Crippen LogP contribution is 2.18. The summed E-state index contributed by atoms with van der Waals surface area (Å²) in [6.45, 7) is 0. The highest BCUT2D eigenvalue weighted by molar-refractivity contribution is 7.80. The van der Waals surface area contributed by atoms with Crippen molar-refractivity contribution in [2.24, 2.45) is 0 Å². The predicted molar refractivity (Wildman–Crippen MR) is 47.2 cm³/mol. The summed E-state index contributed by atoms with van der Waals surface area (Å²) >= 11 is 4.86. The molecular formula is C6H6N4S. The maximum atomic E-state index is 4.86. The standard InChI is InChI=1S/C6H6N4S/c11-6-8-5-4(9-10-6)2-1-3-7-5/h1-3,9H,(H2,7,8,10,11). The van der Waals surface area contributed by atoms with Gasteiger partial charge >= 0.3 is 0 Å². The average molecular weight is 166 g/mol. The topological polar surface area (TPSA) is 49.0 Å². The molecular weight excluding hydrogens is 160 g/mol. The van der Waals surface area contributed by atoms with Gasteiger partial charge < -0.3 is 5.32 Å². The molecule has 11 heavy (non-hydrogen) atoms. The molecule has 1 aliphatic rings. The minimum absolute atomic E-state index is 0.538. The first-order valence-corrected chi connectivity index (χ1v) is 3.55. The Kier molecular flexibility index (Phi) is 1.36. The monoisotopic (exact) mass is 166 g/mol. The van der Waals surface area contributed by atoms with E-state index in [4.69, 9.17) is 12.2 Å². The van der Waals surface area contributed by atoms with E-state index in [1.165, 1.54) is 0 Å². The Balaban J connectivity index is 2.41. The first kappa shape index (κ1) is 6.36. The molecule has 1 aromatic rings. The molecule has 1 aliphatic heterocycles. The molecule has 2 rings (SSSR count). The molecule has 4 nitrogen and oxygen atoms in total. The van der Waals surface area contributed by atoms with Crippen LogP contribution in [0.4, 0.5) is 11.5 Å². The number of nitrogens with one attached hydrogen (secondary N) is 3. The van der Waals surface area contributed by atoms with Gasteiger partial charge in [-0.05, 0) is 24.4 Å². The largest absolute Gasteiger partial charge is 0.314 e. The maximum Gasteiger partial charge on any atom is 0.190 e. The summed E-state index contributed by atoms with van der Waals surface area (Å²) in [6, 6.07) is 3.76. The molecule has 0 radical (unpaired) electrons. The Morgan fingerprint density at radius 2 is 2.27 bits per heavy atom. The van der Waals surface area contributed by atoms with Crippen LogP contribution in [0.25, 0.3) is 0 Å². The number of anilines is 2. The van der Waals surface area contributed by atoms with Crippen molar-refractivity contribution in [1.82, 2.24) is 10.4 Å². The van der Waals surface area contributed by atoms with E-state index in [0.29, 0.717) is 5.11 Å². The van der Waals surface area contributed by atoms with Gasteiger partial charge in [-0.25, -0.2) is 4.98 Å². The molecule has 1 aromatic heterocycles. The van der Waals surface area contributed by atoms with E-state index in [9.17, 15) is 0 Å². The molecule has 56 valence electrons. The van der Waals surface area contributed by atoms with Gasteiger partial charge in [0.2, 0.25) is 0 Å². The van der Waals surface area contributed by atoms with Crippen LogP contribution in [-0.2, 0) is 0 Å². The fourth-order valence-corrected chi connectivity index (χ4v) is 1.02. The van der Waals surface area contributed by atoms with Crippen molar-refractivity contribution in [1.29, 1.82) is 0 Å². The van der Waals surface area contributed by atoms with E-state index in [0.717, 1.165) is 11.5 Å². The van der Waals surface area contributed by atoms with Crippen molar-refractivity contribution in [3.63, 3.8) is 0 Å². The predicted octanol–water partition coefficient (Wildman–Crippen LogP) is 0.708. The lowest BCUT2D eigenvalue weighted by molar-refractivity contribution is 1.09. The number of hydrazine groups is 1. The van der Waals surface area contributed by atoms with Crippen LogP contribution in [0.1, 0.15) is 0 Å². The van der Waals surface area contributed by atoms with Crippen molar-refractivity contribution in [2.45, 2.75) is 0 Å². The molecule has 0 bridgehead atoms. The van der Waals surface area contributed by atoms with Crippen molar-refractivity contribution in [3.05, 3.63) is 18.3 Å². The number of aromatic nitrogens is 1. The molecule has 0 aliphatic carbocycles. The number of fused-ring (bicyclic) bond motifs is 1. The Labute approximate surface area is 69.0 Å². The average Bonchev–Trinajstić information content (AvgIpc) is 2.04. The molecule has 0 unspecified atom stereocenters. The Bertz CT molecular complexity index is 298. The molecule has 2 heterocycles. The fourth-order valence-electron chi connectivity index (χ4n) is 0.869. The van der Waals surface area contributed by atoms with Crippen molar-refractivity contribution in [3.8, 4) is 0 Å². The van der Waals surface area contributed by atoms with Gasteiger partial charge in [0.1, 0.15) is 0 Å². The summed E-state index contributed by atoms with van der Waals surface area (Å²) in [4.78, 5) is 4.07. The maximum absolute atomic E-state index is 4.86. The second kappa shape index (κ2) is 2.35. The minimum Gasteiger partial charge on any atom is -0.314 e. The van der Waals surface area contributed by atoms with Crippen LogP contribution >= 0.6 is 12.2 Å². The molecule has 0 saturated heterocycles. The fraction of sp³-hybridized carbons (Fsp3) is 0. The second-order valence-electron chi connectivity index (χ2n) is 2.10. The number of pyridine rings is 1. The first-order valence-electron chi connectivity index (χ1n) is 3.14. The quantitative estimate of drug-likeness (QED) is 0.495. The summed E-state index contributed by atoms with van der Waals surface area (Å²) in [5, 5.41) is 3.44. The van der Waals surface area contributed by atoms with Crippen LogP contribution in [0.15, 0.2) is 18.3 Å². The summed E-state index contributed by atoms with van der Waals surface area (Å²) in [5.41, 5.74) is 6.57. The first-order chi connectivity index (χ1) is 5.36. The zero-order valence-corrected chi connectivity index (χ0v) is 6.40. The lowest BCUT2D eigenvalue weighted by atomic mass is 10.4. The van der Waals surface area contributed by atoms with Crippen molar-refractivity contribution in [2.75, 3.05) is 10.7 Å². The Morgan fingerprint density at radius 1 is 1.36 bits per heavy atom. The third-order valence-corrected chi connectivity index (χ3v) is 1.55. The number of hydrogen-bond donors (Lipinski definition) is 3. The molecule has 0 atom stereocenters. The van der Waals surface area contributed by atoms with Gasteiger partial charge in [0.15, 0.2) is 10.9 Å². The molecule has 5 heteroatoms. The summed E-state index contributed by atoms with van der Waals surface area (Å²) in [7, 11) is 0. The SMILES string of the molecule is S=C1NNc2cccnc2N1. The van der Waals surface area contributed by atoms with Gasteiger partial charge in [0.25, 0.3) is 0 Å². The van der Waals surface area contributed by atoms with Gasteiger partial charge in [-0.2, -0.15) is 0 Å². The molecule has 0 spiro atoms. The smallest absolute Gasteiger partial charge is 0.190 e. The van der Waals surface area contributed by atoms with Gasteiger partial charge in [-0.3, -0.25) is 10.9 Å². The Hall–Kier alpha value is -1.36. The van der Waals surface area contributed by atoms with E-state index in [1.807, 2.05) is 12.1 Å². The van der Waals surface area contributed by atoms with Gasteiger partial charge in [0.05, 0.1) is 5.69 Å². The lowest BCUT2D eigenvalue weighted by Gasteiger charge is -2.20. The number of rotatable bonds is 0. The second-order valence-corrected chi connectivity index (χ2v) is 2.51. The van der Waals surface area contributed by atoms with Gasteiger partial charge in [-0.15, -0.1) is 0 Å². The van der Waals surface area contributed by atoms with Gasteiger partial charge in [-0.1, -0.05) is 0 Å². The van der Waals surface area contributed by atoms with E-state index < -0.39 is 0 Å². The zero-order valence-electron chi connectivity index (χ0n) is 5.59. The number of hydrogen-bond acceptors (Lipinski definition) is 3. The van der Waals surface area contributed by atoms with Crippen LogP contribution in [0.5, 0.6) is 0 Å². The molecule has 0 fully saturated rings. The molecule has 0 aromatic carbocycles. The highest BCUT2D eigenvalue weighted by Gasteiger charge is 2.09. The van der Waals surface area contributed by atoms with Crippen LogP contribution in [-0.4, -0.2) is 10.1 Å². The third-order valence-electron chi connectivity index (χ3n) is 1.35.